The standard InChI is InChI=1S/C21H26N4O5S/c1-29-18-5-2-16(3-6-18)19(24-8-11-30-12-9-24)14-22-21(26)17-4-7-20-23-31(27,28)13-10-25(20)15-17/h2-7,15,19H,8-14H2,1H3,(H,22,26). The minimum atomic E-state index is -3.42. The molecule has 1 atom stereocenters. The largest absolute Gasteiger partial charge is 0.497 e. The molecule has 1 fully saturated rings. The number of nitrogens with zero attached hydrogens (tertiary/aromatic N) is 3. The van der Waals surface area contributed by atoms with E-state index < -0.39 is 10.0 Å². The molecule has 1 saturated heterocycles. The highest BCUT2D eigenvalue weighted by atomic mass is 32.2. The number of fused-ring (bicyclic) bond motifs is 1. The molecule has 0 aromatic heterocycles. The van der Waals surface area contributed by atoms with Gasteiger partial charge in [-0.05, 0) is 29.8 Å². The quantitative estimate of drug-likeness (QED) is 0.686. The van der Waals surface area contributed by atoms with Gasteiger partial charge in [-0.15, -0.1) is 4.40 Å². The van der Waals surface area contributed by atoms with Crippen molar-refractivity contribution in [3.05, 3.63) is 53.8 Å². The number of benzene rings is 1. The van der Waals surface area contributed by atoms with E-state index in [1.54, 1.807) is 30.4 Å². The van der Waals surface area contributed by atoms with Crippen LogP contribution in [0.15, 0.2) is 52.6 Å². The number of hydrogen-bond acceptors (Lipinski definition) is 7. The summed E-state index contributed by atoms with van der Waals surface area (Å²) < 4.78 is 37.8. The lowest BCUT2D eigenvalue weighted by molar-refractivity contribution is -0.117. The van der Waals surface area contributed by atoms with Gasteiger partial charge in [-0.3, -0.25) is 9.69 Å². The molecule has 0 bridgehead atoms. The molecule has 1 amide bonds. The number of carbonyl (C=O) groups excluding carboxylic acids is 1. The van der Waals surface area contributed by atoms with Gasteiger partial charge in [-0.1, -0.05) is 12.1 Å². The van der Waals surface area contributed by atoms with Crippen LogP contribution in [0.2, 0.25) is 0 Å². The molecule has 0 radical (unpaired) electrons. The summed E-state index contributed by atoms with van der Waals surface area (Å²) in [5.74, 6) is 0.849. The van der Waals surface area contributed by atoms with Crippen molar-refractivity contribution in [2.75, 3.05) is 52.3 Å². The van der Waals surface area contributed by atoms with E-state index in [2.05, 4.69) is 14.6 Å². The van der Waals surface area contributed by atoms with E-state index in [-0.39, 0.29) is 24.2 Å². The second-order valence-electron chi connectivity index (χ2n) is 7.49. The van der Waals surface area contributed by atoms with Crippen molar-refractivity contribution < 1.29 is 22.7 Å². The van der Waals surface area contributed by atoms with Crippen LogP contribution in [0.25, 0.3) is 0 Å². The molecule has 10 heteroatoms. The van der Waals surface area contributed by atoms with Gasteiger partial charge in [0.05, 0.1) is 37.7 Å². The maximum Gasteiger partial charge on any atom is 0.256 e. The van der Waals surface area contributed by atoms with Gasteiger partial charge in [0, 0.05) is 32.4 Å². The highest BCUT2D eigenvalue weighted by Crippen LogP contribution is 2.24. The molecule has 1 unspecified atom stereocenters. The number of nitrogens with one attached hydrogen (secondary N) is 1. The number of morpholine rings is 1. The van der Waals surface area contributed by atoms with E-state index in [4.69, 9.17) is 9.47 Å². The summed E-state index contributed by atoms with van der Waals surface area (Å²) in [7, 11) is -1.79. The third kappa shape index (κ3) is 5.15. The van der Waals surface area contributed by atoms with Crippen LogP contribution in [-0.2, 0) is 19.6 Å². The molecule has 9 nitrogen and oxygen atoms in total. The number of carbonyl (C=O) groups is 1. The predicted octanol–water partition coefficient (Wildman–Crippen LogP) is 0.682. The Morgan fingerprint density at radius 2 is 1.94 bits per heavy atom. The van der Waals surface area contributed by atoms with Gasteiger partial charge in [0.2, 0.25) is 0 Å². The van der Waals surface area contributed by atoms with Crippen LogP contribution in [0.1, 0.15) is 11.6 Å². The first-order chi connectivity index (χ1) is 14.9. The van der Waals surface area contributed by atoms with Crippen LogP contribution in [0.4, 0.5) is 0 Å². The van der Waals surface area contributed by atoms with Gasteiger partial charge in [0.25, 0.3) is 15.9 Å². The van der Waals surface area contributed by atoms with Gasteiger partial charge in [0.1, 0.15) is 11.6 Å². The minimum absolute atomic E-state index is 0.00387. The summed E-state index contributed by atoms with van der Waals surface area (Å²) in [6.45, 7) is 3.62. The van der Waals surface area contributed by atoms with Gasteiger partial charge >= 0.3 is 0 Å². The second-order valence-corrected chi connectivity index (χ2v) is 9.25. The Morgan fingerprint density at radius 3 is 2.65 bits per heavy atom. The Balaban J connectivity index is 1.46. The van der Waals surface area contributed by atoms with Crippen molar-refractivity contribution in [1.29, 1.82) is 0 Å². The molecule has 1 aromatic rings. The Morgan fingerprint density at radius 1 is 1.19 bits per heavy atom. The first kappa shape index (κ1) is 21.5. The maximum atomic E-state index is 12.8. The Bertz CT molecular complexity index is 1010. The van der Waals surface area contributed by atoms with Crippen molar-refractivity contribution in [1.82, 2.24) is 15.1 Å². The second kappa shape index (κ2) is 9.21. The number of sulfonamides is 1. The van der Waals surface area contributed by atoms with E-state index in [0.29, 0.717) is 31.2 Å². The number of rotatable bonds is 6. The highest BCUT2D eigenvalue weighted by Gasteiger charge is 2.27. The van der Waals surface area contributed by atoms with E-state index in [0.717, 1.165) is 24.4 Å². The fourth-order valence-corrected chi connectivity index (χ4v) is 4.77. The number of amidine groups is 1. The van der Waals surface area contributed by atoms with Gasteiger partial charge in [-0.2, -0.15) is 0 Å². The predicted molar refractivity (Wildman–Crippen MR) is 116 cm³/mol. The zero-order valence-electron chi connectivity index (χ0n) is 17.4. The van der Waals surface area contributed by atoms with Crippen LogP contribution >= 0.6 is 0 Å². The molecule has 0 aliphatic carbocycles. The van der Waals surface area contributed by atoms with E-state index >= 15 is 0 Å². The summed E-state index contributed by atoms with van der Waals surface area (Å²) in [6, 6.07) is 7.87. The van der Waals surface area contributed by atoms with Crippen molar-refractivity contribution >= 4 is 21.8 Å². The summed E-state index contributed by atoms with van der Waals surface area (Å²) >= 11 is 0. The van der Waals surface area contributed by atoms with Gasteiger partial charge in [-0.25, -0.2) is 8.42 Å². The molecule has 0 saturated carbocycles. The third-order valence-electron chi connectivity index (χ3n) is 5.53. The van der Waals surface area contributed by atoms with Crippen molar-refractivity contribution in [2.24, 2.45) is 4.40 Å². The van der Waals surface area contributed by atoms with Gasteiger partial charge in [0.15, 0.2) is 0 Å². The van der Waals surface area contributed by atoms with Gasteiger partial charge < -0.3 is 19.7 Å². The van der Waals surface area contributed by atoms with Crippen molar-refractivity contribution in [3.8, 4) is 5.75 Å². The fraction of sp³-hybridized carbons (Fsp3) is 0.429. The van der Waals surface area contributed by atoms with Crippen molar-refractivity contribution in [3.63, 3.8) is 0 Å². The summed E-state index contributed by atoms with van der Waals surface area (Å²) in [6.07, 6.45) is 4.82. The molecule has 1 aromatic carbocycles. The van der Waals surface area contributed by atoms with E-state index in [1.165, 1.54) is 0 Å². The molecule has 0 spiro atoms. The number of amides is 1. The third-order valence-corrected chi connectivity index (χ3v) is 6.69. The van der Waals surface area contributed by atoms with Crippen molar-refractivity contribution in [2.45, 2.75) is 6.04 Å². The van der Waals surface area contributed by atoms with Crippen LogP contribution in [0.3, 0.4) is 0 Å². The first-order valence-electron chi connectivity index (χ1n) is 10.2. The van der Waals surface area contributed by atoms with Crippen LogP contribution in [-0.4, -0.2) is 82.2 Å². The summed E-state index contributed by atoms with van der Waals surface area (Å²) in [5.41, 5.74) is 1.56. The molecule has 3 aliphatic rings. The molecule has 4 rings (SSSR count). The average molecular weight is 447 g/mol. The van der Waals surface area contributed by atoms with E-state index in [9.17, 15) is 13.2 Å². The normalized spacial score (nSPS) is 21.5. The molecular weight excluding hydrogens is 420 g/mol. The van der Waals surface area contributed by atoms with Crippen LogP contribution in [0, 0.1) is 0 Å². The smallest absolute Gasteiger partial charge is 0.256 e. The topological polar surface area (TPSA) is 101 Å². The lowest BCUT2D eigenvalue weighted by Crippen LogP contribution is -2.44. The number of hydrogen-bond donors (Lipinski definition) is 1. The minimum Gasteiger partial charge on any atom is -0.497 e. The molecule has 3 heterocycles. The Labute approximate surface area is 182 Å². The Kier molecular flexibility index (Phi) is 6.40. The fourth-order valence-electron chi connectivity index (χ4n) is 3.80. The summed E-state index contributed by atoms with van der Waals surface area (Å²) in [5, 5.41) is 3.03. The lowest BCUT2D eigenvalue weighted by atomic mass is 10.0. The average Bonchev–Trinajstić information content (AvgIpc) is 2.79. The molecule has 31 heavy (non-hydrogen) atoms. The molecule has 3 aliphatic heterocycles. The Hall–Kier alpha value is -2.69. The summed E-state index contributed by atoms with van der Waals surface area (Å²) in [4.78, 5) is 16.8. The van der Waals surface area contributed by atoms with E-state index in [1.807, 2.05) is 24.3 Å². The molecule has 166 valence electrons. The number of ether oxygens (including phenoxy) is 2. The molecular formula is C21H26N4O5S. The van der Waals surface area contributed by atoms with Crippen LogP contribution < -0.4 is 10.1 Å². The monoisotopic (exact) mass is 446 g/mol. The SMILES string of the molecule is COc1ccc(C(CNC(=O)C2=CN3CCS(=O)(=O)N=C3C=C2)N2CCOCC2)cc1. The zero-order chi connectivity index (χ0) is 21.8. The highest BCUT2D eigenvalue weighted by molar-refractivity contribution is 7.90. The lowest BCUT2D eigenvalue weighted by Gasteiger charge is -2.35. The number of methoxy groups -OCH3 is 1. The first-order valence-corrected chi connectivity index (χ1v) is 11.8. The zero-order valence-corrected chi connectivity index (χ0v) is 18.2. The molecule has 1 N–H and O–H groups in total. The maximum absolute atomic E-state index is 12.8. The van der Waals surface area contributed by atoms with Crippen LogP contribution in [0.5, 0.6) is 5.75 Å².